The van der Waals surface area contributed by atoms with Gasteiger partial charge in [-0.1, -0.05) is 38.1 Å². The predicted molar refractivity (Wildman–Crippen MR) is 125 cm³/mol. The Balaban J connectivity index is 1.54. The highest BCUT2D eigenvalue weighted by Gasteiger charge is 2.23. The van der Waals surface area contributed by atoms with E-state index in [0.717, 1.165) is 58.2 Å². The fraction of sp³-hybridized carbons (Fsp3) is 0.667. The van der Waals surface area contributed by atoms with Gasteiger partial charge >= 0.3 is 0 Å². The number of carbonyl (C=O) groups excluding carboxylic acids is 1. The Morgan fingerprint density at radius 3 is 2.52 bits per heavy atom. The second kappa shape index (κ2) is 12.1. The SMILES string of the molecule is CN=C(NCc1ccccc1CN1CCCC1=O)NCC(CC(C)C)N1CCOCC1. The predicted octanol–water partition coefficient (Wildman–Crippen LogP) is 2.22. The zero-order chi connectivity index (χ0) is 22.1. The summed E-state index contributed by atoms with van der Waals surface area (Å²) in [5, 5.41) is 7.00. The van der Waals surface area contributed by atoms with Gasteiger partial charge < -0.3 is 20.3 Å². The van der Waals surface area contributed by atoms with Gasteiger partial charge in [0.25, 0.3) is 0 Å². The molecule has 0 spiro atoms. The van der Waals surface area contributed by atoms with Crippen LogP contribution in [0.25, 0.3) is 0 Å². The van der Waals surface area contributed by atoms with Crippen molar-refractivity contribution in [2.75, 3.05) is 46.4 Å². The molecule has 7 heteroatoms. The Morgan fingerprint density at radius 1 is 1.13 bits per heavy atom. The average molecular weight is 430 g/mol. The van der Waals surface area contributed by atoms with Crippen LogP contribution in [0.4, 0.5) is 0 Å². The van der Waals surface area contributed by atoms with E-state index in [2.05, 4.69) is 52.6 Å². The molecular weight excluding hydrogens is 390 g/mol. The van der Waals surface area contributed by atoms with Crippen molar-refractivity contribution in [3.8, 4) is 0 Å². The number of aliphatic imine (C=N–C) groups is 1. The van der Waals surface area contributed by atoms with Crippen LogP contribution in [0.15, 0.2) is 29.3 Å². The molecule has 0 radical (unpaired) electrons. The van der Waals surface area contributed by atoms with E-state index >= 15 is 0 Å². The van der Waals surface area contributed by atoms with Crippen LogP contribution in [-0.2, 0) is 22.6 Å². The minimum absolute atomic E-state index is 0.263. The fourth-order valence-corrected chi connectivity index (χ4v) is 4.42. The van der Waals surface area contributed by atoms with Crippen molar-refractivity contribution in [1.82, 2.24) is 20.4 Å². The minimum Gasteiger partial charge on any atom is -0.379 e. The van der Waals surface area contributed by atoms with Gasteiger partial charge in [-0.2, -0.15) is 0 Å². The van der Waals surface area contributed by atoms with E-state index in [1.54, 1.807) is 0 Å². The van der Waals surface area contributed by atoms with Crippen molar-refractivity contribution < 1.29 is 9.53 Å². The fourth-order valence-electron chi connectivity index (χ4n) is 4.42. The van der Waals surface area contributed by atoms with Gasteiger partial charge in [-0.25, -0.2) is 0 Å². The lowest BCUT2D eigenvalue weighted by Crippen LogP contribution is -2.51. The van der Waals surface area contributed by atoms with Crippen molar-refractivity contribution in [2.45, 2.75) is 52.2 Å². The summed E-state index contributed by atoms with van der Waals surface area (Å²) in [4.78, 5) is 21.0. The van der Waals surface area contributed by atoms with Crippen LogP contribution in [0, 0.1) is 5.92 Å². The summed E-state index contributed by atoms with van der Waals surface area (Å²) in [6.07, 6.45) is 2.80. The lowest BCUT2D eigenvalue weighted by molar-refractivity contribution is -0.128. The molecule has 0 aromatic heterocycles. The number of benzene rings is 1. The van der Waals surface area contributed by atoms with Gasteiger partial charge in [0.15, 0.2) is 5.96 Å². The van der Waals surface area contributed by atoms with Crippen LogP contribution in [0.2, 0.25) is 0 Å². The topological polar surface area (TPSA) is 69.2 Å². The molecular formula is C24H39N5O2. The van der Waals surface area contributed by atoms with Gasteiger partial charge in [-0.05, 0) is 29.9 Å². The molecule has 2 aliphatic rings. The molecule has 2 saturated heterocycles. The number of ether oxygens (including phenoxy) is 1. The third-order valence-electron chi connectivity index (χ3n) is 6.13. The van der Waals surface area contributed by atoms with Crippen LogP contribution < -0.4 is 10.6 Å². The third-order valence-corrected chi connectivity index (χ3v) is 6.13. The normalized spacial score (nSPS) is 19.2. The maximum Gasteiger partial charge on any atom is 0.222 e. The number of hydrogen-bond acceptors (Lipinski definition) is 4. The molecule has 0 aliphatic carbocycles. The number of guanidine groups is 1. The third kappa shape index (κ3) is 7.21. The molecule has 1 aromatic rings. The molecule has 2 heterocycles. The maximum absolute atomic E-state index is 12.0. The first-order valence-electron chi connectivity index (χ1n) is 11.7. The van der Waals surface area contributed by atoms with E-state index in [4.69, 9.17) is 4.74 Å². The van der Waals surface area contributed by atoms with E-state index in [9.17, 15) is 4.79 Å². The highest BCUT2D eigenvalue weighted by Crippen LogP contribution is 2.17. The Labute approximate surface area is 187 Å². The molecule has 7 nitrogen and oxygen atoms in total. The number of carbonyl (C=O) groups is 1. The van der Waals surface area contributed by atoms with E-state index in [1.807, 2.05) is 18.0 Å². The summed E-state index contributed by atoms with van der Waals surface area (Å²) in [7, 11) is 1.82. The van der Waals surface area contributed by atoms with Gasteiger partial charge in [-0.15, -0.1) is 0 Å². The molecule has 0 bridgehead atoms. The number of nitrogens with zero attached hydrogens (tertiary/aromatic N) is 3. The van der Waals surface area contributed by atoms with E-state index in [0.29, 0.717) is 31.5 Å². The van der Waals surface area contributed by atoms with Crippen molar-refractivity contribution in [3.63, 3.8) is 0 Å². The molecule has 2 N–H and O–H groups in total. The zero-order valence-corrected chi connectivity index (χ0v) is 19.4. The molecule has 0 saturated carbocycles. The summed E-state index contributed by atoms with van der Waals surface area (Å²) in [6, 6.07) is 8.82. The van der Waals surface area contributed by atoms with E-state index < -0.39 is 0 Å². The average Bonchev–Trinajstić information content (AvgIpc) is 3.18. The lowest BCUT2D eigenvalue weighted by atomic mass is 10.0. The van der Waals surface area contributed by atoms with Gasteiger partial charge in [0.1, 0.15) is 0 Å². The van der Waals surface area contributed by atoms with Gasteiger partial charge in [0.2, 0.25) is 5.91 Å². The molecule has 1 amide bonds. The molecule has 1 unspecified atom stereocenters. The maximum atomic E-state index is 12.0. The highest BCUT2D eigenvalue weighted by atomic mass is 16.5. The molecule has 2 fully saturated rings. The Kier molecular flexibility index (Phi) is 9.15. The first kappa shape index (κ1) is 23.5. The molecule has 2 aliphatic heterocycles. The van der Waals surface area contributed by atoms with E-state index in [-0.39, 0.29) is 5.91 Å². The number of nitrogens with one attached hydrogen (secondary N) is 2. The second-order valence-electron chi connectivity index (χ2n) is 8.93. The minimum atomic E-state index is 0.263. The van der Waals surface area contributed by atoms with E-state index in [1.165, 1.54) is 11.1 Å². The van der Waals surface area contributed by atoms with Crippen molar-refractivity contribution in [2.24, 2.45) is 10.9 Å². The summed E-state index contributed by atoms with van der Waals surface area (Å²) in [6.45, 7) is 11.3. The number of amides is 1. The zero-order valence-electron chi connectivity index (χ0n) is 19.4. The standard InChI is InChI=1S/C24H39N5O2/c1-19(2)15-22(28-11-13-31-14-12-28)17-27-24(25-3)26-16-20-7-4-5-8-21(20)18-29-10-6-9-23(29)30/h4-5,7-8,19,22H,6,9-18H2,1-3H3,(H2,25,26,27). The van der Waals surface area contributed by atoms with Crippen LogP contribution in [0.3, 0.4) is 0 Å². The van der Waals surface area contributed by atoms with Crippen molar-refractivity contribution in [3.05, 3.63) is 35.4 Å². The van der Waals surface area contributed by atoms with Crippen LogP contribution in [0.5, 0.6) is 0 Å². The summed E-state index contributed by atoms with van der Waals surface area (Å²) < 4.78 is 5.53. The largest absolute Gasteiger partial charge is 0.379 e. The lowest BCUT2D eigenvalue weighted by Gasteiger charge is -2.35. The summed E-state index contributed by atoms with van der Waals surface area (Å²) >= 11 is 0. The van der Waals surface area contributed by atoms with Crippen LogP contribution in [-0.4, -0.2) is 74.1 Å². The monoisotopic (exact) mass is 429 g/mol. The Morgan fingerprint density at radius 2 is 1.87 bits per heavy atom. The first-order chi connectivity index (χ1) is 15.1. The number of rotatable bonds is 9. The van der Waals surface area contributed by atoms with Crippen molar-refractivity contribution in [1.29, 1.82) is 0 Å². The molecule has 1 aromatic carbocycles. The Hall–Kier alpha value is -2.12. The van der Waals surface area contributed by atoms with Gasteiger partial charge in [-0.3, -0.25) is 14.7 Å². The first-order valence-corrected chi connectivity index (χ1v) is 11.7. The molecule has 31 heavy (non-hydrogen) atoms. The smallest absolute Gasteiger partial charge is 0.222 e. The Bertz CT molecular complexity index is 730. The molecule has 3 rings (SSSR count). The van der Waals surface area contributed by atoms with Gasteiger partial charge in [0.05, 0.1) is 13.2 Å². The number of likely N-dealkylation sites (tertiary alicyclic amines) is 1. The number of morpholine rings is 1. The molecule has 172 valence electrons. The van der Waals surface area contributed by atoms with Crippen LogP contribution >= 0.6 is 0 Å². The van der Waals surface area contributed by atoms with Gasteiger partial charge in [0, 0.05) is 58.8 Å². The summed E-state index contributed by atoms with van der Waals surface area (Å²) in [5.41, 5.74) is 2.41. The van der Waals surface area contributed by atoms with Crippen LogP contribution in [0.1, 0.15) is 44.2 Å². The number of hydrogen-bond donors (Lipinski definition) is 2. The van der Waals surface area contributed by atoms with Crippen molar-refractivity contribution >= 4 is 11.9 Å². The highest BCUT2D eigenvalue weighted by molar-refractivity contribution is 5.79. The second-order valence-corrected chi connectivity index (χ2v) is 8.93. The summed E-state index contributed by atoms with van der Waals surface area (Å²) in [5.74, 6) is 1.72. The quantitative estimate of drug-likeness (QED) is 0.465. The molecule has 1 atom stereocenters.